The molecule has 0 spiro atoms. The fourth-order valence-electron chi connectivity index (χ4n) is 2.41. The maximum absolute atomic E-state index is 12.2. The van der Waals surface area contributed by atoms with Gasteiger partial charge in [0.25, 0.3) is 0 Å². The first-order chi connectivity index (χ1) is 13.3. The van der Waals surface area contributed by atoms with Crippen LogP contribution in [0.2, 0.25) is 0 Å². The Kier molecular flexibility index (Phi) is 6.17. The van der Waals surface area contributed by atoms with Gasteiger partial charge in [-0.15, -0.1) is 0 Å². The van der Waals surface area contributed by atoms with Gasteiger partial charge in [-0.3, -0.25) is 4.72 Å². The number of pyridine rings is 1. The predicted molar refractivity (Wildman–Crippen MR) is 106 cm³/mol. The Morgan fingerprint density at radius 2 is 1.75 bits per heavy atom. The molecule has 9 nitrogen and oxygen atoms in total. The maximum atomic E-state index is 12.2. The highest BCUT2D eigenvalue weighted by molar-refractivity contribution is 7.92. The Labute approximate surface area is 163 Å². The van der Waals surface area contributed by atoms with Gasteiger partial charge < -0.3 is 4.74 Å². The molecule has 0 atom stereocenters. The van der Waals surface area contributed by atoms with Gasteiger partial charge in [0, 0.05) is 18.9 Å². The van der Waals surface area contributed by atoms with Crippen molar-refractivity contribution in [3.05, 3.63) is 60.9 Å². The molecule has 2 heterocycles. The van der Waals surface area contributed by atoms with Crippen LogP contribution in [-0.4, -0.2) is 51.1 Å². The van der Waals surface area contributed by atoms with E-state index in [0.717, 1.165) is 5.52 Å². The molecular weight excluding hydrogens is 404 g/mol. The molecule has 150 valence electrons. The number of aromatic nitrogens is 2. The number of fused-ring (bicyclic) bond motifs is 1. The number of sulfonamides is 2. The summed E-state index contributed by atoms with van der Waals surface area (Å²) in [7, 11) is -7.36. The van der Waals surface area contributed by atoms with Crippen LogP contribution in [0.15, 0.2) is 60.9 Å². The highest BCUT2D eigenvalue weighted by atomic mass is 32.2. The molecule has 0 saturated heterocycles. The van der Waals surface area contributed by atoms with E-state index in [1.165, 1.54) is 0 Å². The smallest absolute Gasteiger partial charge is 0.234 e. The zero-order valence-corrected chi connectivity index (χ0v) is 16.5. The highest BCUT2D eigenvalue weighted by Gasteiger charge is 2.15. The molecular formula is C17H20N4O5S2. The van der Waals surface area contributed by atoms with Crippen LogP contribution < -0.4 is 14.2 Å². The van der Waals surface area contributed by atoms with Gasteiger partial charge in [-0.25, -0.2) is 26.1 Å². The summed E-state index contributed by atoms with van der Waals surface area (Å²) in [6.07, 6.45) is 3.23. The van der Waals surface area contributed by atoms with Crippen molar-refractivity contribution < 1.29 is 21.6 Å². The minimum atomic E-state index is -3.71. The Hall–Kier alpha value is -2.63. The standard InChI is InChI=1S/C17H20N4O5S2/c22-27(23,13-11-26-17-4-2-1-3-5-17)19-9-12-28(24,25)20-15-7-10-21-16(14-15)6-8-18-21/h1-8,10,14,19-20H,9,11-13H2. The molecule has 2 N–H and O–H groups in total. The molecule has 3 rings (SSSR count). The SMILES string of the molecule is O=S(=O)(CCOc1ccccc1)NCCS(=O)(=O)Nc1ccn2nccc2c1. The quantitative estimate of drug-likeness (QED) is 0.503. The fourth-order valence-corrected chi connectivity index (χ4v) is 4.35. The molecule has 0 saturated carbocycles. The third kappa shape index (κ3) is 5.94. The van der Waals surface area contributed by atoms with Crippen LogP contribution in [0.25, 0.3) is 5.52 Å². The fraction of sp³-hybridized carbons (Fsp3) is 0.235. The van der Waals surface area contributed by atoms with Crippen molar-refractivity contribution in [2.75, 3.05) is 29.4 Å². The summed E-state index contributed by atoms with van der Waals surface area (Å²) in [6.45, 7) is -0.270. The molecule has 3 aromatic rings. The van der Waals surface area contributed by atoms with E-state index < -0.39 is 25.8 Å². The summed E-state index contributed by atoms with van der Waals surface area (Å²) in [5.41, 5.74) is 1.12. The minimum absolute atomic E-state index is 0.0320. The number of anilines is 1. The summed E-state index contributed by atoms with van der Waals surface area (Å²) >= 11 is 0. The van der Waals surface area contributed by atoms with Crippen molar-refractivity contribution in [1.82, 2.24) is 14.3 Å². The number of ether oxygens (including phenoxy) is 1. The lowest BCUT2D eigenvalue weighted by Gasteiger charge is -2.10. The van der Waals surface area contributed by atoms with Crippen LogP contribution in [0.3, 0.4) is 0 Å². The number of rotatable bonds is 10. The molecule has 0 fully saturated rings. The lowest BCUT2D eigenvalue weighted by molar-refractivity contribution is 0.340. The molecule has 1 aromatic carbocycles. The van der Waals surface area contributed by atoms with Gasteiger partial charge >= 0.3 is 0 Å². The van der Waals surface area contributed by atoms with Crippen LogP contribution in [0, 0.1) is 0 Å². The van der Waals surface area contributed by atoms with E-state index >= 15 is 0 Å². The lowest BCUT2D eigenvalue weighted by Crippen LogP contribution is -2.34. The third-order valence-corrected chi connectivity index (χ3v) is 6.37. The second-order valence-corrected chi connectivity index (χ2v) is 9.68. The van der Waals surface area contributed by atoms with Crippen LogP contribution in [0.5, 0.6) is 5.75 Å². The van der Waals surface area contributed by atoms with Crippen LogP contribution in [0.4, 0.5) is 5.69 Å². The number of nitrogens with zero attached hydrogens (tertiary/aromatic N) is 2. The van der Waals surface area contributed by atoms with Crippen molar-refractivity contribution >= 4 is 31.3 Å². The lowest BCUT2D eigenvalue weighted by atomic mass is 10.3. The van der Waals surface area contributed by atoms with Crippen LogP contribution in [-0.2, 0) is 20.0 Å². The van der Waals surface area contributed by atoms with Gasteiger partial charge in [0.2, 0.25) is 20.0 Å². The molecule has 0 aliphatic carbocycles. The van der Waals surface area contributed by atoms with Gasteiger partial charge in [-0.1, -0.05) is 18.2 Å². The van der Waals surface area contributed by atoms with E-state index in [1.54, 1.807) is 59.4 Å². The monoisotopic (exact) mass is 424 g/mol. The summed E-state index contributed by atoms with van der Waals surface area (Å²) in [4.78, 5) is 0. The molecule has 0 radical (unpaired) electrons. The highest BCUT2D eigenvalue weighted by Crippen LogP contribution is 2.13. The number of nitrogens with one attached hydrogen (secondary N) is 2. The molecule has 0 unspecified atom stereocenters. The van der Waals surface area contributed by atoms with E-state index in [-0.39, 0.29) is 18.9 Å². The van der Waals surface area contributed by atoms with Gasteiger partial charge in [0.15, 0.2) is 0 Å². The Morgan fingerprint density at radius 1 is 0.964 bits per heavy atom. The van der Waals surface area contributed by atoms with Crippen molar-refractivity contribution in [2.45, 2.75) is 0 Å². The molecule has 0 amide bonds. The van der Waals surface area contributed by atoms with E-state index in [1.807, 2.05) is 6.07 Å². The van der Waals surface area contributed by atoms with Gasteiger partial charge in [-0.2, -0.15) is 5.10 Å². The summed E-state index contributed by atoms with van der Waals surface area (Å²) in [6, 6.07) is 13.8. The van der Waals surface area contributed by atoms with E-state index in [4.69, 9.17) is 4.74 Å². The van der Waals surface area contributed by atoms with Crippen molar-refractivity contribution in [2.24, 2.45) is 0 Å². The molecule has 0 bridgehead atoms. The molecule has 2 aromatic heterocycles. The first-order valence-corrected chi connectivity index (χ1v) is 11.7. The number of hydrogen-bond acceptors (Lipinski definition) is 6. The van der Waals surface area contributed by atoms with E-state index in [9.17, 15) is 16.8 Å². The largest absolute Gasteiger partial charge is 0.492 e. The maximum Gasteiger partial charge on any atom is 0.234 e. The molecule has 28 heavy (non-hydrogen) atoms. The normalized spacial score (nSPS) is 12.1. The summed E-state index contributed by atoms with van der Waals surface area (Å²) in [5.74, 6) is -0.0941. The second-order valence-electron chi connectivity index (χ2n) is 5.91. The first kappa shape index (κ1) is 20.1. The summed E-state index contributed by atoms with van der Waals surface area (Å²) < 4.78 is 59.9. The van der Waals surface area contributed by atoms with Crippen LogP contribution >= 0.6 is 0 Å². The predicted octanol–water partition coefficient (Wildman–Crippen LogP) is 1.07. The average Bonchev–Trinajstić information content (AvgIpc) is 3.09. The average molecular weight is 425 g/mol. The molecule has 11 heteroatoms. The third-order valence-electron chi connectivity index (χ3n) is 3.73. The second kappa shape index (κ2) is 8.59. The number of benzene rings is 1. The topological polar surface area (TPSA) is 119 Å². The zero-order valence-electron chi connectivity index (χ0n) is 14.9. The van der Waals surface area contributed by atoms with E-state index in [2.05, 4.69) is 14.5 Å². The minimum Gasteiger partial charge on any atom is -0.492 e. The van der Waals surface area contributed by atoms with Gasteiger partial charge in [0.1, 0.15) is 12.4 Å². The van der Waals surface area contributed by atoms with Gasteiger partial charge in [0.05, 0.1) is 22.7 Å². The van der Waals surface area contributed by atoms with Crippen molar-refractivity contribution in [1.29, 1.82) is 0 Å². The Morgan fingerprint density at radius 3 is 2.54 bits per heavy atom. The molecule has 0 aliphatic rings. The van der Waals surface area contributed by atoms with E-state index in [0.29, 0.717) is 11.4 Å². The molecule has 0 aliphatic heterocycles. The number of hydrogen-bond donors (Lipinski definition) is 2. The Bertz CT molecular complexity index is 1130. The first-order valence-electron chi connectivity index (χ1n) is 8.42. The van der Waals surface area contributed by atoms with Gasteiger partial charge in [-0.05, 0) is 30.3 Å². The zero-order chi connectivity index (χ0) is 20.0. The van der Waals surface area contributed by atoms with Crippen molar-refractivity contribution in [3.63, 3.8) is 0 Å². The van der Waals surface area contributed by atoms with Crippen molar-refractivity contribution in [3.8, 4) is 5.75 Å². The number of para-hydroxylation sites is 1. The summed E-state index contributed by atoms with van der Waals surface area (Å²) in [5, 5.41) is 4.03. The van der Waals surface area contributed by atoms with Crippen LogP contribution in [0.1, 0.15) is 0 Å². The Balaban J connectivity index is 1.45.